The monoisotopic (exact) mass is 279 g/mol. The van der Waals surface area contributed by atoms with E-state index in [1.807, 2.05) is 0 Å². The lowest BCUT2D eigenvalue weighted by Crippen LogP contribution is -2.43. The van der Waals surface area contributed by atoms with Crippen molar-refractivity contribution < 1.29 is 8.78 Å². The summed E-state index contributed by atoms with van der Waals surface area (Å²) in [5.74, 6) is -0.104. The van der Waals surface area contributed by atoms with Crippen LogP contribution in [0.1, 0.15) is 18.4 Å². The minimum Gasteiger partial charge on any atom is -0.356 e. The number of nitrogens with one attached hydrogen (secondary N) is 2. The van der Waals surface area contributed by atoms with Crippen molar-refractivity contribution in [1.82, 2.24) is 10.6 Å². The molecule has 3 nitrogen and oxygen atoms in total. The van der Waals surface area contributed by atoms with E-state index in [1.54, 1.807) is 7.05 Å². The van der Waals surface area contributed by atoms with Crippen LogP contribution in [-0.2, 0) is 6.42 Å². The van der Waals surface area contributed by atoms with Crippen LogP contribution < -0.4 is 10.6 Å². The van der Waals surface area contributed by atoms with E-state index in [0.717, 1.165) is 25.0 Å². The number of halogens is 2. The normalized spacial score (nSPS) is 15.7. The highest BCUT2D eigenvalue weighted by Crippen LogP contribution is 2.10. The molecule has 1 aliphatic rings. The van der Waals surface area contributed by atoms with Gasteiger partial charge in [-0.05, 0) is 43.0 Å². The van der Waals surface area contributed by atoms with Crippen LogP contribution in [0, 0.1) is 11.6 Å². The zero-order valence-electron chi connectivity index (χ0n) is 11.5. The van der Waals surface area contributed by atoms with Crippen LogP contribution in [0.25, 0.3) is 0 Å². The van der Waals surface area contributed by atoms with Gasteiger partial charge in [-0.2, -0.15) is 0 Å². The molecule has 0 saturated heterocycles. The van der Waals surface area contributed by atoms with Gasteiger partial charge < -0.3 is 10.6 Å². The van der Waals surface area contributed by atoms with E-state index in [1.165, 1.54) is 6.07 Å². The molecule has 108 valence electrons. The Kier molecular flexibility index (Phi) is 5.09. The molecule has 0 aliphatic heterocycles. The maximum atomic E-state index is 13.5. The van der Waals surface area contributed by atoms with E-state index >= 15 is 0 Å². The lowest BCUT2D eigenvalue weighted by Gasteiger charge is -2.17. The first-order valence-electron chi connectivity index (χ1n) is 6.75. The molecular formula is C15H19F2N3. The van der Waals surface area contributed by atoms with Gasteiger partial charge >= 0.3 is 0 Å². The average molecular weight is 279 g/mol. The maximum absolute atomic E-state index is 13.5. The molecular weight excluding hydrogens is 260 g/mol. The van der Waals surface area contributed by atoms with Crippen molar-refractivity contribution in [3.63, 3.8) is 0 Å². The molecule has 0 radical (unpaired) electrons. The Hall–Kier alpha value is -1.91. The third-order valence-electron chi connectivity index (χ3n) is 3.27. The van der Waals surface area contributed by atoms with Crippen molar-refractivity contribution in [2.45, 2.75) is 25.3 Å². The quantitative estimate of drug-likeness (QED) is 0.504. The Balaban J connectivity index is 1.80. The van der Waals surface area contributed by atoms with Gasteiger partial charge in [-0.1, -0.05) is 12.2 Å². The van der Waals surface area contributed by atoms with Gasteiger partial charge in [0.05, 0.1) is 0 Å². The van der Waals surface area contributed by atoms with E-state index in [4.69, 9.17) is 0 Å². The lowest BCUT2D eigenvalue weighted by molar-refractivity contribution is 0.581. The number of hydrogen-bond donors (Lipinski definition) is 2. The van der Waals surface area contributed by atoms with Crippen LogP contribution in [0.3, 0.4) is 0 Å². The molecule has 0 spiro atoms. The van der Waals surface area contributed by atoms with Crippen molar-refractivity contribution in [1.29, 1.82) is 0 Å². The highest BCUT2D eigenvalue weighted by molar-refractivity contribution is 5.80. The first-order chi connectivity index (χ1) is 9.69. The van der Waals surface area contributed by atoms with E-state index < -0.39 is 5.82 Å². The third kappa shape index (κ3) is 4.05. The minimum atomic E-state index is -0.416. The summed E-state index contributed by atoms with van der Waals surface area (Å²) in [7, 11) is 1.69. The van der Waals surface area contributed by atoms with Crippen LogP contribution in [0.5, 0.6) is 0 Å². The summed E-state index contributed by atoms with van der Waals surface area (Å²) in [6.45, 7) is 0.500. The van der Waals surface area contributed by atoms with Gasteiger partial charge in [-0.15, -0.1) is 0 Å². The van der Waals surface area contributed by atoms with Crippen LogP contribution in [0.2, 0.25) is 0 Å². The smallest absolute Gasteiger partial charge is 0.191 e. The maximum Gasteiger partial charge on any atom is 0.191 e. The summed E-state index contributed by atoms with van der Waals surface area (Å²) in [5, 5.41) is 6.40. The fourth-order valence-corrected chi connectivity index (χ4v) is 2.17. The van der Waals surface area contributed by atoms with Crippen molar-refractivity contribution in [2.75, 3.05) is 13.6 Å². The number of aliphatic imine (C=N–C) groups is 1. The Labute approximate surface area is 117 Å². The van der Waals surface area contributed by atoms with Gasteiger partial charge in [0, 0.05) is 19.6 Å². The van der Waals surface area contributed by atoms with Gasteiger partial charge in [0.2, 0.25) is 0 Å². The molecule has 0 atom stereocenters. The van der Waals surface area contributed by atoms with Crippen LogP contribution in [0.4, 0.5) is 8.78 Å². The molecule has 0 bridgehead atoms. The second-order valence-corrected chi connectivity index (χ2v) is 4.77. The van der Waals surface area contributed by atoms with E-state index in [0.29, 0.717) is 30.5 Å². The molecule has 0 amide bonds. The minimum absolute atomic E-state index is 0.368. The molecule has 0 heterocycles. The van der Waals surface area contributed by atoms with Gasteiger partial charge in [-0.3, -0.25) is 4.99 Å². The van der Waals surface area contributed by atoms with Crippen LogP contribution in [0.15, 0.2) is 35.3 Å². The fourth-order valence-electron chi connectivity index (χ4n) is 2.17. The average Bonchev–Trinajstić information content (AvgIpc) is 2.94. The molecule has 5 heteroatoms. The number of hydrogen-bond acceptors (Lipinski definition) is 1. The zero-order chi connectivity index (χ0) is 14.4. The molecule has 0 aromatic heterocycles. The van der Waals surface area contributed by atoms with E-state index in [-0.39, 0.29) is 5.82 Å². The van der Waals surface area contributed by atoms with E-state index in [2.05, 4.69) is 27.8 Å². The fraction of sp³-hybridized carbons (Fsp3) is 0.400. The van der Waals surface area contributed by atoms with Gasteiger partial charge in [0.15, 0.2) is 5.96 Å². The van der Waals surface area contributed by atoms with Gasteiger partial charge in [-0.25, -0.2) is 8.78 Å². The molecule has 1 aromatic carbocycles. The Morgan fingerprint density at radius 1 is 1.30 bits per heavy atom. The summed E-state index contributed by atoms with van der Waals surface area (Å²) < 4.78 is 26.5. The Morgan fingerprint density at radius 3 is 2.75 bits per heavy atom. The molecule has 20 heavy (non-hydrogen) atoms. The largest absolute Gasteiger partial charge is 0.356 e. The molecule has 2 rings (SSSR count). The molecule has 0 saturated carbocycles. The predicted molar refractivity (Wildman–Crippen MR) is 76.7 cm³/mol. The number of nitrogens with zero attached hydrogens (tertiary/aromatic N) is 1. The highest BCUT2D eigenvalue weighted by atomic mass is 19.1. The molecule has 0 fully saturated rings. The van der Waals surface area contributed by atoms with Gasteiger partial charge in [0.25, 0.3) is 0 Å². The Morgan fingerprint density at radius 2 is 2.05 bits per heavy atom. The van der Waals surface area contributed by atoms with E-state index in [9.17, 15) is 8.78 Å². The first kappa shape index (κ1) is 14.5. The number of rotatable bonds is 4. The third-order valence-corrected chi connectivity index (χ3v) is 3.27. The van der Waals surface area contributed by atoms with Crippen molar-refractivity contribution >= 4 is 5.96 Å². The summed E-state index contributed by atoms with van der Waals surface area (Å²) >= 11 is 0. The first-order valence-corrected chi connectivity index (χ1v) is 6.75. The molecule has 2 N–H and O–H groups in total. The summed E-state index contributed by atoms with van der Waals surface area (Å²) in [6.07, 6.45) is 6.64. The SMILES string of the molecule is CN=C(NCCc1cc(F)ccc1F)NC1CC=CC1. The standard InChI is InChI=1S/C15H19F2N3/c1-18-15(20-13-4-2-3-5-13)19-9-8-11-10-12(16)6-7-14(11)17/h2-3,6-7,10,13H,4-5,8-9H2,1H3,(H2,18,19,20). The second kappa shape index (κ2) is 7.03. The summed E-state index contributed by atoms with van der Waals surface area (Å²) in [6, 6.07) is 3.88. The number of guanidine groups is 1. The topological polar surface area (TPSA) is 36.4 Å². The molecule has 1 aromatic rings. The van der Waals surface area contributed by atoms with Gasteiger partial charge in [0.1, 0.15) is 11.6 Å². The number of benzene rings is 1. The lowest BCUT2D eigenvalue weighted by atomic mass is 10.1. The van der Waals surface area contributed by atoms with Crippen molar-refractivity contribution in [3.8, 4) is 0 Å². The zero-order valence-corrected chi connectivity index (χ0v) is 11.5. The summed E-state index contributed by atoms with van der Waals surface area (Å²) in [5.41, 5.74) is 0.371. The second-order valence-electron chi connectivity index (χ2n) is 4.77. The molecule has 1 aliphatic carbocycles. The predicted octanol–water partition coefficient (Wildman–Crippen LogP) is 2.39. The molecule has 0 unspecified atom stereocenters. The van der Waals surface area contributed by atoms with Crippen molar-refractivity contribution in [2.24, 2.45) is 4.99 Å². The summed E-state index contributed by atoms with van der Waals surface area (Å²) in [4.78, 5) is 4.12. The van der Waals surface area contributed by atoms with Crippen LogP contribution in [-0.4, -0.2) is 25.6 Å². The highest BCUT2D eigenvalue weighted by Gasteiger charge is 2.11. The van der Waals surface area contributed by atoms with Crippen molar-refractivity contribution in [3.05, 3.63) is 47.5 Å². The Bertz CT molecular complexity index is 504. The van der Waals surface area contributed by atoms with Crippen LogP contribution >= 0.6 is 0 Å².